The normalized spacial score (nSPS) is 13.4. The second-order valence-electron chi connectivity index (χ2n) is 5.59. The van der Waals surface area contributed by atoms with Crippen LogP contribution in [-0.4, -0.2) is 20.0 Å². The summed E-state index contributed by atoms with van der Waals surface area (Å²) in [5.41, 5.74) is 8.72. The summed E-state index contributed by atoms with van der Waals surface area (Å²) in [5.74, 6) is -0.375. The maximum Gasteiger partial charge on any atom is 0.239 e. The van der Waals surface area contributed by atoms with Crippen molar-refractivity contribution in [2.45, 2.75) is 19.0 Å². The standard InChI is InChI=1S/C18H23N3O/c1-13(15-11-7-8-12-16(15)21(2)3)20-17(18(19)22)14-9-5-4-6-10-14/h4-13,17,20H,1-3H3,(H2,19,22). The van der Waals surface area contributed by atoms with Gasteiger partial charge in [0.25, 0.3) is 0 Å². The van der Waals surface area contributed by atoms with E-state index < -0.39 is 6.04 Å². The molecule has 0 fully saturated rings. The Kier molecular flexibility index (Phi) is 5.17. The van der Waals surface area contributed by atoms with Crippen LogP contribution in [0.3, 0.4) is 0 Å². The van der Waals surface area contributed by atoms with Crippen LogP contribution in [0.15, 0.2) is 54.6 Å². The van der Waals surface area contributed by atoms with E-state index in [4.69, 9.17) is 5.73 Å². The summed E-state index contributed by atoms with van der Waals surface area (Å²) in [5, 5.41) is 3.34. The molecule has 116 valence electrons. The third-order valence-electron chi connectivity index (χ3n) is 3.72. The lowest BCUT2D eigenvalue weighted by atomic mass is 10.0. The van der Waals surface area contributed by atoms with Gasteiger partial charge in [0.2, 0.25) is 5.91 Å². The Morgan fingerprint density at radius 1 is 1.05 bits per heavy atom. The molecule has 0 spiro atoms. The van der Waals surface area contributed by atoms with E-state index in [1.165, 1.54) is 0 Å². The third kappa shape index (κ3) is 3.65. The summed E-state index contributed by atoms with van der Waals surface area (Å²) in [6.07, 6.45) is 0. The number of rotatable bonds is 6. The van der Waals surface area contributed by atoms with Crippen molar-refractivity contribution in [1.29, 1.82) is 0 Å². The summed E-state index contributed by atoms with van der Waals surface area (Å²) in [6.45, 7) is 2.04. The Hall–Kier alpha value is -2.33. The number of hydrogen-bond acceptors (Lipinski definition) is 3. The highest BCUT2D eigenvalue weighted by Crippen LogP contribution is 2.27. The lowest BCUT2D eigenvalue weighted by Gasteiger charge is -2.25. The van der Waals surface area contributed by atoms with Crippen LogP contribution in [0.1, 0.15) is 30.1 Å². The number of carbonyl (C=O) groups is 1. The van der Waals surface area contributed by atoms with Gasteiger partial charge >= 0.3 is 0 Å². The average Bonchev–Trinajstić information content (AvgIpc) is 2.52. The molecule has 0 bridgehead atoms. The SMILES string of the molecule is CC(NC(C(N)=O)c1ccccc1)c1ccccc1N(C)C. The molecule has 0 aliphatic heterocycles. The summed E-state index contributed by atoms with van der Waals surface area (Å²) < 4.78 is 0. The lowest BCUT2D eigenvalue weighted by Crippen LogP contribution is -2.35. The first-order valence-corrected chi connectivity index (χ1v) is 7.37. The van der Waals surface area contributed by atoms with Crippen molar-refractivity contribution >= 4 is 11.6 Å². The zero-order valence-electron chi connectivity index (χ0n) is 13.3. The molecule has 2 unspecified atom stereocenters. The monoisotopic (exact) mass is 297 g/mol. The summed E-state index contributed by atoms with van der Waals surface area (Å²) in [7, 11) is 4.02. The number of anilines is 1. The van der Waals surface area contributed by atoms with Crippen LogP contribution in [0.2, 0.25) is 0 Å². The molecule has 2 atom stereocenters. The van der Waals surface area contributed by atoms with Crippen molar-refractivity contribution in [3.63, 3.8) is 0 Å². The van der Waals surface area contributed by atoms with Crippen molar-refractivity contribution in [3.8, 4) is 0 Å². The number of amides is 1. The van der Waals surface area contributed by atoms with Crippen LogP contribution >= 0.6 is 0 Å². The largest absolute Gasteiger partial charge is 0.377 e. The molecule has 22 heavy (non-hydrogen) atoms. The first-order valence-electron chi connectivity index (χ1n) is 7.37. The van der Waals surface area contributed by atoms with Crippen molar-refractivity contribution < 1.29 is 4.79 Å². The van der Waals surface area contributed by atoms with Crippen LogP contribution in [0.5, 0.6) is 0 Å². The highest BCUT2D eigenvalue weighted by atomic mass is 16.1. The van der Waals surface area contributed by atoms with E-state index in [0.717, 1.165) is 16.8 Å². The highest BCUT2D eigenvalue weighted by Gasteiger charge is 2.21. The molecule has 0 radical (unpaired) electrons. The van der Waals surface area contributed by atoms with Crippen molar-refractivity contribution in [1.82, 2.24) is 5.32 Å². The van der Waals surface area contributed by atoms with Gasteiger partial charge in [-0.15, -0.1) is 0 Å². The molecule has 0 aliphatic rings. The van der Waals surface area contributed by atoms with Gasteiger partial charge in [-0.25, -0.2) is 0 Å². The second kappa shape index (κ2) is 7.09. The Morgan fingerprint density at radius 2 is 1.64 bits per heavy atom. The Labute approximate surface area is 131 Å². The molecule has 0 saturated carbocycles. The predicted octanol–water partition coefficient (Wildman–Crippen LogP) is 2.63. The number of primary amides is 1. The van der Waals surface area contributed by atoms with Gasteiger partial charge in [0.15, 0.2) is 0 Å². The number of para-hydroxylation sites is 1. The molecule has 2 aromatic rings. The van der Waals surface area contributed by atoms with Gasteiger partial charge in [-0.2, -0.15) is 0 Å². The lowest BCUT2D eigenvalue weighted by molar-refractivity contribution is -0.120. The van der Waals surface area contributed by atoms with Crippen LogP contribution in [0, 0.1) is 0 Å². The van der Waals surface area contributed by atoms with Gasteiger partial charge in [-0.05, 0) is 24.1 Å². The van der Waals surface area contributed by atoms with Crippen molar-refractivity contribution in [2.24, 2.45) is 5.73 Å². The van der Waals surface area contributed by atoms with E-state index in [-0.39, 0.29) is 11.9 Å². The quantitative estimate of drug-likeness (QED) is 0.861. The van der Waals surface area contributed by atoms with E-state index in [2.05, 4.69) is 22.3 Å². The van der Waals surface area contributed by atoms with Crippen LogP contribution in [0.4, 0.5) is 5.69 Å². The predicted molar refractivity (Wildman–Crippen MR) is 90.7 cm³/mol. The molecule has 0 heterocycles. The molecule has 2 rings (SSSR count). The van der Waals surface area contributed by atoms with Gasteiger partial charge in [-0.1, -0.05) is 48.5 Å². The number of nitrogens with zero attached hydrogens (tertiary/aromatic N) is 1. The topological polar surface area (TPSA) is 58.4 Å². The molecule has 2 aromatic carbocycles. The van der Waals surface area contributed by atoms with Gasteiger partial charge in [0.1, 0.15) is 6.04 Å². The number of nitrogens with one attached hydrogen (secondary N) is 1. The van der Waals surface area contributed by atoms with Gasteiger partial charge in [0, 0.05) is 25.8 Å². The maximum absolute atomic E-state index is 11.8. The molecule has 4 heteroatoms. The first-order chi connectivity index (χ1) is 10.5. The molecule has 0 aromatic heterocycles. The number of nitrogens with two attached hydrogens (primary N) is 1. The number of benzene rings is 2. The average molecular weight is 297 g/mol. The van der Waals surface area contributed by atoms with Gasteiger partial charge in [0.05, 0.1) is 0 Å². The minimum absolute atomic E-state index is 0.00342. The molecule has 4 nitrogen and oxygen atoms in total. The zero-order chi connectivity index (χ0) is 16.1. The van der Waals surface area contributed by atoms with Gasteiger partial charge in [-0.3, -0.25) is 10.1 Å². The molecule has 0 aliphatic carbocycles. The minimum Gasteiger partial charge on any atom is -0.377 e. The maximum atomic E-state index is 11.8. The van der Waals surface area contributed by atoms with E-state index in [9.17, 15) is 4.79 Å². The fourth-order valence-corrected chi connectivity index (χ4v) is 2.59. The summed E-state index contributed by atoms with van der Waals surface area (Å²) in [4.78, 5) is 13.9. The van der Waals surface area contributed by atoms with Crippen molar-refractivity contribution in [2.75, 3.05) is 19.0 Å². The van der Waals surface area contributed by atoms with Gasteiger partial charge < -0.3 is 10.6 Å². The van der Waals surface area contributed by atoms with E-state index in [0.29, 0.717) is 0 Å². The van der Waals surface area contributed by atoms with Crippen LogP contribution < -0.4 is 16.0 Å². The number of carbonyl (C=O) groups excluding carboxylic acids is 1. The van der Waals surface area contributed by atoms with Crippen molar-refractivity contribution in [3.05, 3.63) is 65.7 Å². The summed E-state index contributed by atoms with van der Waals surface area (Å²) in [6, 6.07) is 17.2. The van der Waals surface area contributed by atoms with Crippen LogP contribution in [0.25, 0.3) is 0 Å². The third-order valence-corrected chi connectivity index (χ3v) is 3.72. The molecule has 0 saturated heterocycles. The highest BCUT2D eigenvalue weighted by molar-refractivity contribution is 5.81. The molecular formula is C18H23N3O. The first kappa shape index (κ1) is 16.0. The number of hydrogen-bond donors (Lipinski definition) is 2. The molecule has 1 amide bonds. The van der Waals surface area contributed by atoms with E-state index in [1.54, 1.807) is 0 Å². The zero-order valence-corrected chi connectivity index (χ0v) is 13.3. The van der Waals surface area contributed by atoms with E-state index >= 15 is 0 Å². The van der Waals surface area contributed by atoms with Crippen LogP contribution in [-0.2, 0) is 4.79 Å². The molecule has 3 N–H and O–H groups in total. The minimum atomic E-state index is -0.508. The second-order valence-corrected chi connectivity index (χ2v) is 5.59. The smallest absolute Gasteiger partial charge is 0.239 e. The van der Waals surface area contributed by atoms with E-state index in [1.807, 2.05) is 63.5 Å². The Morgan fingerprint density at radius 3 is 2.23 bits per heavy atom. The Bertz CT molecular complexity index is 625. The Balaban J connectivity index is 2.26. The molecular weight excluding hydrogens is 274 g/mol. The fraction of sp³-hybridized carbons (Fsp3) is 0.278. The fourth-order valence-electron chi connectivity index (χ4n) is 2.59. The summed E-state index contributed by atoms with van der Waals surface area (Å²) >= 11 is 0.